The predicted molar refractivity (Wildman–Crippen MR) is 87.3 cm³/mol. The van der Waals surface area contributed by atoms with E-state index in [0.29, 0.717) is 6.04 Å². The van der Waals surface area contributed by atoms with Gasteiger partial charge in [-0.1, -0.05) is 17.7 Å². The van der Waals surface area contributed by atoms with E-state index in [9.17, 15) is 0 Å². The third kappa shape index (κ3) is 2.77. The van der Waals surface area contributed by atoms with Crippen molar-refractivity contribution in [1.82, 2.24) is 4.90 Å². The van der Waals surface area contributed by atoms with Crippen LogP contribution in [-0.2, 0) is 5.41 Å². The molecule has 1 aliphatic rings. The average molecular weight is 274 g/mol. The van der Waals surface area contributed by atoms with E-state index in [-0.39, 0.29) is 5.41 Å². The number of benzene rings is 1. The van der Waals surface area contributed by atoms with Crippen LogP contribution in [0.2, 0.25) is 0 Å². The van der Waals surface area contributed by atoms with Crippen LogP contribution in [0.15, 0.2) is 12.1 Å². The van der Waals surface area contributed by atoms with Gasteiger partial charge < -0.3 is 10.6 Å². The maximum Gasteiger partial charge on any atom is 0.0105 e. The van der Waals surface area contributed by atoms with E-state index in [1.807, 2.05) is 0 Å². The summed E-state index contributed by atoms with van der Waals surface area (Å²) in [4.78, 5) is 2.58. The van der Waals surface area contributed by atoms with E-state index in [1.165, 1.54) is 48.2 Å². The van der Waals surface area contributed by atoms with Gasteiger partial charge in [-0.05, 0) is 77.2 Å². The van der Waals surface area contributed by atoms with Crippen LogP contribution in [0.1, 0.15) is 48.9 Å². The molecule has 0 spiro atoms. The normalized spacial score (nSPS) is 19.6. The van der Waals surface area contributed by atoms with Gasteiger partial charge in [0.05, 0.1) is 0 Å². The lowest BCUT2D eigenvalue weighted by atomic mass is 9.69. The fourth-order valence-corrected chi connectivity index (χ4v) is 4.04. The van der Waals surface area contributed by atoms with Crippen LogP contribution in [0, 0.1) is 20.8 Å². The molecule has 0 amide bonds. The lowest BCUT2D eigenvalue weighted by Crippen LogP contribution is -2.49. The van der Waals surface area contributed by atoms with Gasteiger partial charge in [-0.3, -0.25) is 0 Å². The molecule has 1 heterocycles. The molecule has 0 bridgehead atoms. The van der Waals surface area contributed by atoms with Crippen LogP contribution in [0.25, 0.3) is 0 Å². The van der Waals surface area contributed by atoms with E-state index < -0.39 is 0 Å². The van der Waals surface area contributed by atoms with E-state index >= 15 is 0 Å². The Hall–Kier alpha value is -0.860. The molecule has 2 nitrogen and oxygen atoms in total. The van der Waals surface area contributed by atoms with E-state index in [4.69, 9.17) is 5.73 Å². The molecule has 112 valence electrons. The lowest BCUT2D eigenvalue weighted by molar-refractivity contribution is 0.131. The number of piperidine rings is 1. The first kappa shape index (κ1) is 15.5. The summed E-state index contributed by atoms with van der Waals surface area (Å²) < 4.78 is 0. The molecule has 0 radical (unpaired) electrons. The Balaban J connectivity index is 2.34. The number of nitrogens with two attached hydrogens (primary N) is 1. The molecule has 2 heteroatoms. The van der Waals surface area contributed by atoms with Gasteiger partial charge in [0.2, 0.25) is 0 Å². The van der Waals surface area contributed by atoms with Gasteiger partial charge in [0, 0.05) is 18.0 Å². The Labute approximate surface area is 124 Å². The second-order valence-corrected chi connectivity index (χ2v) is 6.89. The fourth-order valence-electron chi connectivity index (χ4n) is 4.04. The van der Waals surface area contributed by atoms with Gasteiger partial charge in [0.1, 0.15) is 0 Å². The molecule has 2 N–H and O–H groups in total. The van der Waals surface area contributed by atoms with E-state index in [1.54, 1.807) is 0 Å². The first-order chi connectivity index (χ1) is 9.39. The molecule has 1 aromatic carbocycles. The van der Waals surface area contributed by atoms with Gasteiger partial charge in [-0.15, -0.1) is 0 Å². The minimum atomic E-state index is 0.188. The highest BCUT2D eigenvalue weighted by molar-refractivity contribution is 5.43. The number of hydrogen-bond donors (Lipinski definition) is 1. The first-order valence-corrected chi connectivity index (χ1v) is 7.92. The van der Waals surface area contributed by atoms with E-state index in [0.717, 1.165) is 6.54 Å². The molecular formula is C18H30N2. The van der Waals surface area contributed by atoms with Crippen molar-refractivity contribution in [3.8, 4) is 0 Å². The fraction of sp³-hybridized carbons (Fsp3) is 0.667. The number of aryl methyl sites for hydroxylation is 3. The molecule has 2 rings (SSSR count). The van der Waals surface area contributed by atoms with Crippen molar-refractivity contribution < 1.29 is 0 Å². The van der Waals surface area contributed by atoms with Crippen LogP contribution in [0.3, 0.4) is 0 Å². The van der Waals surface area contributed by atoms with Gasteiger partial charge in [-0.25, -0.2) is 0 Å². The van der Waals surface area contributed by atoms with Crippen LogP contribution in [0.4, 0.5) is 0 Å². The Morgan fingerprint density at radius 1 is 1.10 bits per heavy atom. The Morgan fingerprint density at radius 3 is 2.00 bits per heavy atom. The monoisotopic (exact) mass is 274 g/mol. The van der Waals surface area contributed by atoms with Gasteiger partial charge >= 0.3 is 0 Å². The molecule has 0 atom stereocenters. The predicted octanol–water partition coefficient (Wildman–Crippen LogP) is 3.31. The second-order valence-electron chi connectivity index (χ2n) is 6.89. The Morgan fingerprint density at radius 2 is 1.60 bits per heavy atom. The highest BCUT2D eigenvalue weighted by atomic mass is 15.2. The number of rotatable bonds is 3. The molecule has 0 saturated carbocycles. The summed E-state index contributed by atoms with van der Waals surface area (Å²) in [6.07, 6.45) is 2.37. The quantitative estimate of drug-likeness (QED) is 0.916. The molecule has 20 heavy (non-hydrogen) atoms. The molecule has 1 aliphatic heterocycles. The van der Waals surface area contributed by atoms with Crippen molar-refractivity contribution in [2.75, 3.05) is 19.6 Å². The molecule has 1 saturated heterocycles. The summed E-state index contributed by atoms with van der Waals surface area (Å²) in [6.45, 7) is 14.4. The summed E-state index contributed by atoms with van der Waals surface area (Å²) >= 11 is 0. The first-order valence-electron chi connectivity index (χ1n) is 7.92. The Bertz CT molecular complexity index is 445. The third-order valence-electron chi connectivity index (χ3n) is 5.08. The largest absolute Gasteiger partial charge is 0.330 e. The molecule has 0 aliphatic carbocycles. The lowest BCUT2D eigenvalue weighted by Gasteiger charge is -2.44. The van der Waals surface area contributed by atoms with Crippen molar-refractivity contribution in [3.63, 3.8) is 0 Å². The van der Waals surface area contributed by atoms with Crippen LogP contribution in [-0.4, -0.2) is 30.6 Å². The average Bonchev–Trinajstić information content (AvgIpc) is 2.37. The molecule has 1 fully saturated rings. The van der Waals surface area contributed by atoms with Crippen molar-refractivity contribution in [1.29, 1.82) is 0 Å². The SMILES string of the molecule is Cc1cc(C)c(C2(CN)CCN(C(C)C)CC2)c(C)c1. The third-order valence-corrected chi connectivity index (χ3v) is 5.08. The van der Waals surface area contributed by atoms with Crippen molar-refractivity contribution in [3.05, 3.63) is 34.4 Å². The van der Waals surface area contributed by atoms with Gasteiger partial charge in [0.15, 0.2) is 0 Å². The minimum Gasteiger partial charge on any atom is -0.330 e. The van der Waals surface area contributed by atoms with Crippen LogP contribution >= 0.6 is 0 Å². The van der Waals surface area contributed by atoms with Gasteiger partial charge in [-0.2, -0.15) is 0 Å². The second kappa shape index (κ2) is 5.87. The Kier molecular flexibility index (Phi) is 4.55. The van der Waals surface area contributed by atoms with Crippen LogP contribution < -0.4 is 5.73 Å². The summed E-state index contributed by atoms with van der Waals surface area (Å²) in [5.74, 6) is 0. The van der Waals surface area contributed by atoms with Crippen molar-refractivity contribution in [2.45, 2.75) is 58.9 Å². The van der Waals surface area contributed by atoms with Gasteiger partial charge in [0.25, 0.3) is 0 Å². The number of likely N-dealkylation sites (tertiary alicyclic amines) is 1. The molecular weight excluding hydrogens is 244 g/mol. The zero-order chi connectivity index (χ0) is 14.9. The maximum atomic E-state index is 6.25. The maximum absolute atomic E-state index is 6.25. The highest BCUT2D eigenvalue weighted by Gasteiger charge is 2.37. The molecule has 0 aromatic heterocycles. The zero-order valence-electron chi connectivity index (χ0n) is 13.8. The van der Waals surface area contributed by atoms with Crippen molar-refractivity contribution >= 4 is 0 Å². The summed E-state index contributed by atoms with van der Waals surface area (Å²) in [7, 11) is 0. The topological polar surface area (TPSA) is 29.3 Å². The van der Waals surface area contributed by atoms with Crippen LogP contribution in [0.5, 0.6) is 0 Å². The number of nitrogens with zero attached hydrogens (tertiary/aromatic N) is 1. The zero-order valence-corrected chi connectivity index (χ0v) is 13.8. The minimum absolute atomic E-state index is 0.188. The summed E-state index contributed by atoms with van der Waals surface area (Å²) in [5, 5.41) is 0. The smallest absolute Gasteiger partial charge is 0.0105 e. The highest BCUT2D eigenvalue weighted by Crippen LogP contribution is 2.39. The molecule has 0 unspecified atom stereocenters. The van der Waals surface area contributed by atoms with E-state index in [2.05, 4.69) is 51.7 Å². The number of hydrogen-bond acceptors (Lipinski definition) is 2. The standard InChI is InChI=1S/C18H30N2/c1-13(2)20-8-6-18(12-19,7-9-20)17-15(4)10-14(3)11-16(17)5/h10-11,13H,6-9,12,19H2,1-5H3. The van der Waals surface area contributed by atoms with Crippen molar-refractivity contribution in [2.24, 2.45) is 5.73 Å². The summed E-state index contributed by atoms with van der Waals surface area (Å²) in [6, 6.07) is 5.27. The summed E-state index contributed by atoms with van der Waals surface area (Å²) in [5.41, 5.74) is 12.2. The molecule has 1 aromatic rings.